The highest BCUT2D eigenvalue weighted by molar-refractivity contribution is 6.06. The smallest absolute Gasteiger partial charge is 0.255 e. The lowest BCUT2D eigenvalue weighted by Crippen LogP contribution is -2.46. The van der Waals surface area contributed by atoms with Crippen LogP contribution in [0, 0.1) is 12.7 Å². The van der Waals surface area contributed by atoms with Crippen molar-refractivity contribution in [1.82, 2.24) is 4.90 Å². The van der Waals surface area contributed by atoms with Crippen molar-refractivity contribution in [2.45, 2.75) is 13.8 Å². The fourth-order valence-corrected chi connectivity index (χ4v) is 3.09. The highest BCUT2D eigenvalue weighted by Gasteiger charge is 2.19. The van der Waals surface area contributed by atoms with Gasteiger partial charge in [-0.2, -0.15) is 0 Å². The van der Waals surface area contributed by atoms with E-state index in [1.807, 2.05) is 24.3 Å². The molecule has 1 aliphatic heterocycles. The van der Waals surface area contributed by atoms with Crippen molar-refractivity contribution in [3.05, 3.63) is 59.4 Å². The molecule has 25 heavy (non-hydrogen) atoms. The SMILES string of the molecule is CCN1CCN(c2ccccc2NC(=O)c2ccc(C)c(F)c2)CC1. The molecule has 2 aromatic rings. The average Bonchev–Trinajstić information content (AvgIpc) is 2.64. The zero-order valence-corrected chi connectivity index (χ0v) is 14.8. The third kappa shape index (κ3) is 3.99. The van der Waals surface area contributed by atoms with Gasteiger partial charge in [0.05, 0.1) is 11.4 Å². The Balaban J connectivity index is 1.77. The molecule has 0 bridgehead atoms. The van der Waals surface area contributed by atoms with Crippen LogP contribution in [0.5, 0.6) is 0 Å². The first-order valence-corrected chi connectivity index (χ1v) is 8.72. The molecule has 0 radical (unpaired) electrons. The van der Waals surface area contributed by atoms with Gasteiger partial charge in [-0.3, -0.25) is 4.79 Å². The second-order valence-electron chi connectivity index (χ2n) is 6.36. The van der Waals surface area contributed by atoms with Gasteiger partial charge in [0.1, 0.15) is 5.82 Å². The standard InChI is InChI=1S/C20H24FN3O/c1-3-23-10-12-24(13-11-23)19-7-5-4-6-18(19)22-20(25)16-9-8-15(2)17(21)14-16/h4-9,14H,3,10-13H2,1-2H3,(H,22,25). The van der Waals surface area contributed by atoms with Crippen molar-refractivity contribution in [3.8, 4) is 0 Å². The van der Waals surface area contributed by atoms with Crippen LogP contribution in [0.25, 0.3) is 0 Å². The molecule has 0 saturated carbocycles. The number of hydrogen-bond donors (Lipinski definition) is 1. The summed E-state index contributed by atoms with van der Waals surface area (Å²) in [7, 11) is 0. The Morgan fingerprint density at radius 3 is 2.52 bits per heavy atom. The van der Waals surface area contributed by atoms with Gasteiger partial charge in [0.15, 0.2) is 0 Å². The Morgan fingerprint density at radius 2 is 1.84 bits per heavy atom. The second kappa shape index (κ2) is 7.66. The van der Waals surface area contributed by atoms with Crippen LogP contribution in [0.1, 0.15) is 22.8 Å². The van der Waals surface area contributed by atoms with E-state index in [-0.39, 0.29) is 11.7 Å². The number of benzene rings is 2. The Kier molecular flexibility index (Phi) is 5.34. The number of hydrogen-bond acceptors (Lipinski definition) is 3. The van der Waals surface area contributed by atoms with Crippen molar-refractivity contribution in [2.24, 2.45) is 0 Å². The Morgan fingerprint density at radius 1 is 1.12 bits per heavy atom. The summed E-state index contributed by atoms with van der Waals surface area (Å²) in [4.78, 5) is 17.2. The molecule has 1 heterocycles. The molecule has 0 aromatic heterocycles. The van der Waals surface area contributed by atoms with Crippen molar-refractivity contribution in [1.29, 1.82) is 0 Å². The van der Waals surface area contributed by atoms with Gasteiger partial charge in [0.2, 0.25) is 0 Å². The highest BCUT2D eigenvalue weighted by atomic mass is 19.1. The van der Waals surface area contributed by atoms with E-state index in [0.717, 1.165) is 44.1 Å². The molecule has 1 saturated heterocycles. The van der Waals surface area contributed by atoms with Crippen LogP contribution in [0.3, 0.4) is 0 Å². The molecule has 0 aliphatic carbocycles. The van der Waals surface area contributed by atoms with Crippen molar-refractivity contribution in [3.63, 3.8) is 0 Å². The number of likely N-dealkylation sites (N-methyl/N-ethyl adjacent to an activating group) is 1. The highest BCUT2D eigenvalue weighted by Crippen LogP contribution is 2.27. The Bertz CT molecular complexity index is 754. The number of nitrogens with one attached hydrogen (secondary N) is 1. The molecule has 3 rings (SSSR count). The lowest BCUT2D eigenvalue weighted by molar-refractivity contribution is 0.102. The maximum Gasteiger partial charge on any atom is 0.255 e. The maximum absolute atomic E-state index is 13.7. The number of carbonyl (C=O) groups is 1. The second-order valence-corrected chi connectivity index (χ2v) is 6.36. The number of nitrogens with zero attached hydrogens (tertiary/aromatic N) is 2. The average molecular weight is 341 g/mol. The Hall–Kier alpha value is -2.40. The van der Waals surface area contributed by atoms with E-state index in [9.17, 15) is 9.18 Å². The predicted molar refractivity (Wildman–Crippen MR) is 99.9 cm³/mol. The summed E-state index contributed by atoms with van der Waals surface area (Å²) in [6, 6.07) is 12.3. The first-order valence-electron chi connectivity index (χ1n) is 8.72. The van der Waals surface area contributed by atoms with E-state index in [2.05, 4.69) is 22.0 Å². The molecule has 0 unspecified atom stereocenters. The van der Waals surface area contributed by atoms with Gasteiger partial charge in [-0.05, 0) is 43.3 Å². The quantitative estimate of drug-likeness (QED) is 0.924. The minimum absolute atomic E-state index is 0.293. The molecular weight excluding hydrogens is 317 g/mol. The molecule has 132 valence electrons. The van der Waals surface area contributed by atoms with Gasteiger partial charge in [-0.25, -0.2) is 4.39 Å². The summed E-state index contributed by atoms with van der Waals surface area (Å²) < 4.78 is 13.7. The molecule has 0 atom stereocenters. The van der Waals surface area contributed by atoms with Gasteiger partial charge in [-0.1, -0.05) is 25.1 Å². The monoisotopic (exact) mass is 341 g/mol. The molecule has 5 heteroatoms. The lowest BCUT2D eigenvalue weighted by atomic mass is 10.1. The van der Waals surface area contributed by atoms with Gasteiger partial charge < -0.3 is 15.1 Å². The van der Waals surface area contributed by atoms with Crippen LogP contribution in [0.15, 0.2) is 42.5 Å². The summed E-state index contributed by atoms with van der Waals surface area (Å²) in [5, 5.41) is 2.94. The predicted octanol–water partition coefficient (Wildman–Crippen LogP) is 3.53. The maximum atomic E-state index is 13.7. The van der Waals surface area contributed by atoms with Crippen LogP contribution in [0.4, 0.5) is 15.8 Å². The summed E-state index contributed by atoms with van der Waals surface area (Å²) in [6.45, 7) is 8.81. The molecule has 1 N–H and O–H groups in total. The number of aryl methyl sites for hydroxylation is 1. The molecule has 4 nitrogen and oxygen atoms in total. The van der Waals surface area contributed by atoms with E-state index < -0.39 is 0 Å². The summed E-state index contributed by atoms with van der Waals surface area (Å²) in [5.74, 6) is -0.657. The zero-order chi connectivity index (χ0) is 17.8. The molecule has 1 fully saturated rings. The summed E-state index contributed by atoms with van der Waals surface area (Å²) in [5.41, 5.74) is 2.64. The number of amides is 1. The van der Waals surface area contributed by atoms with Crippen LogP contribution >= 0.6 is 0 Å². The Labute approximate surface area is 148 Å². The molecular formula is C20H24FN3O. The van der Waals surface area contributed by atoms with Gasteiger partial charge in [0, 0.05) is 31.7 Å². The molecule has 1 aliphatic rings. The first-order chi connectivity index (χ1) is 12.1. The molecule has 1 amide bonds. The zero-order valence-electron chi connectivity index (χ0n) is 14.8. The van der Waals surface area contributed by atoms with Crippen LogP contribution in [-0.2, 0) is 0 Å². The number of halogens is 1. The largest absolute Gasteiger partial charge is 0.367 e. The van der Waals surface area contributed by atoms with Crippen LogP contribution in [0.2, 0.25) is 0 Å². The molecule has 2 aromatic carbocycles. The minimum atomic E-state index is -0.364. The number of piperazine rings is 1. The normalized spacial score (nSPS) is 15.2. The van der Waals surface area contributed by atoms with E-state index in [4.69, 9.17) is 0 Å². The summed E-state index contributed by atoms with van der Waals surface area (Å²) >= 11 is 0. The number of anilines is 2. The van der Waals surface area contributed by atoms with Crippen LogP contribution < -0.4 is 10.2 Å². The van der Waals surface area contributed by atoms with E-state index >= 15 is 0 Å². The van der Waals surface area contributed by atoms with Gasteiger partial charge >= 0.3 is 0 Å². The van der Waals surface area contributed by atoms with E-state index in [0.29, 0.717) is 11.1 Å². The molecule has 0 spiro atoms. The third-order valence-electron chi connectivity index (χ3n) is 4.75. The summed E-state index contributed by atoms with van der Waals surface area (Å²) in [6.07, 6.45) is 0. The van der Waals surface area contributed by atoms with Crippen molar-refractivity contribution >= 4 is 17.3 Å². The topological polar surface area (TPSA) is 35.6 Å². The third-order valence-corrected chi connectivity index (χ3v) is 4.75. The van der Waals surface area contributed by atoms with Crippen molar-refractivity contribution in [2.75, 3.05) is 42.9 Å². The van der Waals surface area contributed by atoms with E-state index in [1.165, 1.54) is 6.07 Å². The first kappa shape index (κ1) is 17.4. The van der Waals surface area contributed by atoms with Crippen LogP contribution in [-0.4, -0.2) is 43.5 Å². The lowest BCUT2D eigenvalue weighted by Gasteiger charge is -2.36. The fourth-order valence-electron chi connectivity index (χ4n) is 3.09. The fraction of sp³-hybridized carbons (Fsp3) is 0.350. The number of rotatable bonds is 4. The van der Waals surface area contributed by atoms with Gasteiger partial charge in [-0.15, -0.1) is 0 Å². The van der Waals surface area contributed by atoms with Crippen molar-refractivity contribution < 1.29 is 9.18 Å². The number of para-hydroxylation sites is 2. The van der Waals surface area contributed by atoms with E-state index in [1.54, 1.807) is 19.1 Å². The number of carbonyl (C=O) groups excluding carboxylic acids is 1. The minimum Gasteiger partial charge on any atom is -0.367 e. The van der Waals surface area contributed by atoms with Gasteiger partial charge in [0.25, 0.3) is 5.91 Å².